The topological polar surface area (TPSA) is 103 Å². The van der Waals surface area contributed by atoms with Crippen LogP contribution in [0.1, 0.15) is 23.6 Å². The van der Waals surface area contributed by atoms with Gasteiger partial charge in [-0.3, -0.25) is 5.10 Å². The van der Waals surface area contributed by atoms with E-state index < -0.39 is 11.8 Å². The number of aromatic nitrogens is 4. The minimum absolute atomic E-state index is 0. The molecule has 32 heavy (non-hydrogen) atoms. The Kier molecular flexibility index (Phi) is 6.91. The number of hydrogen-bond donors (Lipinski definition) is 2. The minimum atomic E-state index is -2.80. The van der Waals surface area contributed by atoms with Gasteiger partial charge >= 0.3 is 0 Å². The van der Waals surface area contributed by atoms with Crippen molar-refractivity contribution in [2.75, 3.05) is 32.6 Å². The molecule has 4 rings (SSSR count). The third kappa shape index (κ3) is 4.79. The van der Waals surface area contributed by atoms with Gasteiger partial charge < -0.3 is 15.0 Å². The molecule has 1 fully saturated rings. The number of rotatable bonds is 5. The predicted octanol–water partition coefficient (Wildman–Crippen LogP) is 3.97. The van der Waals surface area contributed by atoms with Crippen LogP contribution in [0, 0.1) is 11.3 Å². The molecule has 168 valence electrons. The van der Waals surface area contributed by atoms with Crippen LogP contribution >= 0.6 is 12.4 Å². The van der Waals surface area contributed by atoms with Crippen molar-refractivity contribution >= 4 is 24.0 Å². The fourth-order valence-corrected chi connectivity index (χ4v) is 3.77. The molecule has 0 amide bonds. The van der Waals surface area contributed by atoms with Crippen LogP contribution in [0.4, 0.5) is 20.4 Å². The number of ether oxygens (including phenoxy) is 1. The Morgan fingerprint density at radius 2 is 2.06 bits per heavy atom. The van der Waals surface area contributed by atoms with E-state index in [1.165, 1.54) is 19.5 Å². The smallest absolute Gasteiger partial charge is 0.267 e. The lowest BCUT2D eigenvalue weighted by Crippen LogP contribution is -2.45. The number of likely N-dealkylation sites (tertiary alicyclic amines) is 1. The first-order valence-corrected chi connectivity index (χ1v) is 9.69. The first kappa shape index (κ1) is 23.4. The molecule has 0 aliphatic carbocycles. The van der Waals surface area contributed by atoms with Gasteiger partial charge in [-0.1, -0.05) is 6.07 Å². The zero-order chi connectivity index (χ0) is 22.0. The third-order valence-corrected chi connectivity index (χ3v) is 5.31. The van der Waals surface area contributed by atoms with Gasteiger partial charge in [-0.25, -0.2) is 18.7 Å². The molecule has 2 N–H and O–H groups in total. The first-order valence-electron chi connectivity index (χ1n) is 9.69. The summed E-state index contributed by atoms with van der Waals surface area (Å²) in [7, 11) is 3.22. The van der Waals surface area contributed by atoms with Gasteiger partial charge in [0.1, 0.15) is 17.6 Å². The van der Waals surface area contributed by atoms with E-state index in [4.69, 9.17) is 10.00 Å². The van der Waals surface area contributed by atoms with E-state index in [1.54, 1.807) is 36.2 Å². The van der Waals surface area contributed by atoms with Crippen LogP contribution in [0.2, 0.25) is 0 Å². The number of aromatic amines is 1. The maximum absolute atomic E-state index is 14.6. The highest BCUT2D eigenvalue weighted by atomic mass is 35.5. The quantitative estimate of drug-likeness (QED) is 0.592. The summed E-state index contributed by atoms with van der Waals surface area (Å²) in [5.74, 6) is -2.24. The third-order valence-electron chi connectivity index (χ3n) is 5.31. The molecule has 1 aliphatic heterocycles. The SMILES string of the molecule is COc1cc(C2CCN(C)CC2(F)F)ccc1-c1cc(Nc2cnc(C#N)cn2)n[nH]1.Cl. The maximum Gasteiger partial charge on any atom is 0.267 e. The summed E-state index contributed by atoms with van der Waals surface area (Å²) < 4.78 is 34.7. The van der Waals surface area contributed by atoms with Crippen molar-refractivity contribution in [2.24, 2.45) is 0 Å². The number of anilines is 2. The number of benzene rings is 1. The molecule has 11 heteroatoms. The largest absolute Gasteiger partial charge is 0.496 e. The number of methoxy groups -OCH3 is 1. The van der Waals surface area contributed by atoms with Crippen LogP contribution in [0.25, 0.3) is 11.3 Å². The number of alkyl halides is 2. The highest BCUT2D eigenvalue weighted by Crippen LogP contribution is 2.42. The average molecular weight is 462 g/mol. The molecule has 2 aromatic heterocycles. The van der Waals surface area contributed by atoms with E-state index >= 15 is 0 Å². The van der Waals surface area contributed by atoms with Gasteiger partial charge in [0, 0.05) is 11.6 Å². The molecule has 3 aromatic rings. The van der Waals surface area contributed by atoms with Crippen molar-refractivity contribution < 1.29 is 13.5 Å². The van der Waals surface area contributed by atoms with E-state index in [0.717, 1.165) is 0 Å². The lowest BCUT2D eigenvalue weighted by atomic mass is 9.85. The highest BCUT2D eigenvalue weighted by Gasteiger charge is 2.44. The number of piperidine rings is 1. The molecule has 1 aliphatic rings. The zero-order valence-corrected chi connectivity index (χ0v) is 18.3. The Labute approximate surface area is 190 Å². The fraction of sp³-hybridized carbons (Fsp3) is 0.333. The summed E-state index contributed by atoms with van der Waals surface area (Å²) >= 11 is 0. The Morgan fingerprint density at radius 3 is 2.72 bits per heavy atom. The van der Waals surface area contributed by atoms with Crippen molar-refractivity contribution in [3.8, 4) is 23.1 Å². The Hall–Kier alpha value is -3.29. The molecule has 3 heterocycles. The monoisotopic (exact) mass is 461 g/mol. The number of hydrogen-bond acceptors (Lipinski definition) is 7. The van der Waals surface area contributed by atoms with Crippen LogP contribution < -0.4 is 10.1 Å². The van der Waals surface area contributed by atoms with Crippen molar-refractivity contribution in [3.63, 3.8) is 0 Å². The molecule has 0 saturated carbocycles. The second-order valence-corrected chi connectivity index (χ2v) is 7.49. The van der Waals surface area contributed by atoms with E-state index in [1.807, 2.05) is 6.07 Å². The second-order valence-electron chi connectivity index (χ2n) is 7.49. The van der Waals surface area contributed by atoms with Gasteiger partial charge in [0.25, 0.3) is 5.92 Å². The summed E-state index contributed by atoms with van der Waals surface area (Å²) in [6, 6.07) is 8.83. The Bertz CT molecular complexity index is 1110. The van der Waals surface area contributed by atoms with Crippen LogP contribution in [0.5, 0.6) is 5.75 Å². The number of halogens is 3. The van der Waals surface area contributed by atoms with Crippen LogP contribution in [0.3, 0.4) is 0 Å². The molecular formula is C21H22ClF2N7O. The standard InChI is InChI=1S/C21H21F2N7O.ClH/c1-30-6-5-16(21(22,23)12-30)13-3-4-15(18(7-13)31-2)17-8-19(29-28-17)27-20-11-25-14(9-24)10-26-20;/h3-4,7-8,10-11,16H,5-6,12H2,1-2H3,(H2,26,27,28,29);1H. The number of nitrogens with one attached hydrogen (secondary N) is 2. The molecule has 0 bridgehead atoms. The van der Waals surface area contributed by atoms with Gasteiger partial charge in [0.15, 0.2) is 11.5 Å². The minimum Gasteiger partial charge on any atom is -0.496 e. The number of nitriles is 1. The number of H-pyrrole nitrogens is 1. The van der Waals surface area contributed by atoms with Crippen molar-refractivity contribution in [3.05, 3.63) is 47.9 Å². The fourth-order valence-electron chi connectivity index (χ4n) is 3.77. The molecule has 1 atom stereocenters. The maximum atomic E-state index is 14.6. The average Bonchev–Trinajstić information content (AvgIpc) is 3.21. The van der Waals surface area contributed by atoms with Gasteiger partial charge in [-0.15, -0.1) is 12.4 Å². The van der Waals surface area contributed by atoms with E-state index in [0.29, 0.717) is 47.2 Å². The van der Waals surface area contributed by atoms with Crippen molar-refractivity contribution in [1.82, 2.24) is 25.1 Å². The molecule has 0 radical (unpaired) electrons. The molecule has 1 saturated heterocycles. The Morgan fingerprint density at radius 1 is 1.25 bits per heavy atom. The molecule has 1 aromatic carbocycles. The summed E-state index contributed by atoms with van der Waals surface area (Å²) in [5.41, 5.74) is 2.13. The second kappa shape index (κ2) is 9.46. The lowest BCUT2D eigenvalue weighted by Gasteiger charge is -2.36. The first-order chi connectivity index (χ1) is 14.9. The summed E-state index contributed by atoms with van der Waals surface area (Å²) in [6.45, 7) is 0.369. The normalized spacial score (nSPS) is 17.8. The molecule has 0 spiro atoms. The van der Waals surface area contributed by atoms with Crippen LogP contribution in [0.15, 0.2) is 36.7 Å². The van der Waals surface area contributed by atoms with Gasteiger partial charge in [-0.2, -0.15) is 10.4 Å². The van der Waals surface area contributed by atoms with Gasteiger partial charge in [0.05, 0.1) is 37.7 Å². The number of nitrogens with zero attached hydrogens (tertiary/aromatic N) is 5. The summed E-state index contributed by atoms with van der Waals surface area (Å²) in [6.07, 6.45) is 3.18. The summed E-state index contributed by atoms with van der Waals surface area (Å²) in [5, 5.41) is 18.9. The molecule has 8 nitrogen and oxygen atoms in total. The van der Waals surface area contributed by atoms with E-state index in [9.17, 15) is 8.78 Å². The zero-order valence-electron chi connectivity index (χ0n) is 17.5. The van der Waals surface area contributed by atoms with Crippen molar-refractivity contribution in [2.45, 2.75) is 18.3 Å². The lowest BCUT2D eigenvalue weighted by molar-refractivity contribution is -0.0765. The van der Waals surface area contributed by atoms with Crippen molar-refractivity contribution in [1.29, 1.82) is 5.26 Å². The van der Waals surface area contributed by atoms with Gasteiger partial charge in [0.2, 0.25) is 0 Å². The van der Waals surface area contributed by atoms with Gasteiger partial charge in [-0.05, 0) is 37.7 Å². The van der Waals surface area contributed by atoms with Crippen LogP contribution in [-0.2, 0) is 0 Å². The summed E-state index contributed by atoms with van der Waals surface area (Å²) in [4.78, 5) is 9.69. The van der Waals surface area contributed by atoms with E-state index in [2.05, 4.69) is 25.5 Å². The van der Waals surface area contributed by atoms with Crippen LogP contribution in [-0.4, -0.2) is 58.2 Å². The molecule has 1 unspecified atom stereocenters. The molecular weight excluding hydrogens is 440 g/mol. The predicted molar refractivity (Wildman–Crippen MR) is 118 cm³/mol. The Balaban J connectivity index is 0.00000289. The highest BCUT2D eigenvalue weighted by molar-refractivity contribution is 5.85. The van der Waals surface area contributed by atoms with E-state index in [-0.39, 0.29) is 24.6 Å².